The highest BCUT2D eigenvalue weighted by Crippen LogP contribution is 2.19. The Bertz CT molecular complexity index is 328. The van der Waals surface area contributed by atoms with E-state index < -0.39 is 0 Å². The lowest BCUT2D eigenvalue weighted by Gasteiger charge is -2.13. The van der Waals surface area contributed by atoms with Crippen LogP contribution in [0.3, 0.4) is 0 Å². The molecule has 0 aliphatic heterocycles. The largest absolute Gasteiger partial charge is 0.355 e. The quantitative estimate of drug-likeness (QED) is 0.366. The highest BCUT2D eigenvalue weighted by molar-refractivity contribution is 8.76. The molecule has 0 unspecified atom stereocenters. The van der Waals surface area contributed by atoms with Gasteiger partial charge in [-0.3, -0.25) is 9.59 Å². The van der Waals surface area contributed by atoms with Gasteiger partial charge in [-0.05, 0) is 25.9 Å². The van der Waals surface area contributed by atoms with Gasteiger partial charge in [0.05, 0.1) is 0 Å². The molecule has 5 nitrogen and oxygen atoms in total. The van der Waals surface area contributed by atoms with Crippen molar-refractivity contribution in [2.75, 3.05) is 44.7 Å². The first kappa shape index (κ1) is 22.6. The first-order valence-corrected chi connectivity index (χ1v) is 10.9. The fourth-order valence-corrected chi connectivity index (χ4v) is 3.44. The van der Waals surface area contributed by atoms with Gasteiger partial charge in [-0.1, -0.05) is 42.4 Å². The van der Waals surface area contributed by atoms with Crippen LogP contribution in [0.4, 0.5) is 0 Å². The van der Waals surface area contributed by atoms with Crippen LogP contribution < -0.4 is 10.6 Å². The number of carbonyl (C=O) groups excluding carboxylic acids is 2. The molecule has 0 aromatic heterocycles. The van der Waals surface area contributed by atoms with Gasteiger partial charge in [0.15, 0.2) is 0 Å². The van der Waals surface area contributed by atoms with Crippen LogP contribution in [0.1, 0.15) is 40.0 Å². The number of carbonyl (C=O) groups is 2. The van der Waals surface area contributed by atoms with Crippen molar-refractivity contribution in [2.24, 2.45) is 5.92 Å². The molecule has 0 aromatic rings. The fraction of sp³-hybridized carbons (Fsp3) is 0.875. The van der Waals surface area contributed by atoms with Crippen LogP contribution in [0.25, 0.3) is 0 Å². The molecular weight excluding hydrogens is 330 g/mol. The molecule has 0 aliphatic carbocycles. The van der Waals surface area contributed by atoms with E-state index in [1.54, 1.807) is 21.6 Å². The van der Waals surface area contributed by atoms with E-state index in [1.165, 1.54) is 0 Å². The number of hydrogen-bond acceptors (Lipinski definition) is 5. The first-order chi connectivity index (χ1) is 11.0. The summed E-state index contributed by atoms with van der Waals surface area (Å²) >= 11 is 0. The second-order valence-electron chi connectivity index (χ2n) is 5.92. The third-order valence-electron chi connectivity index (χ3n) is 3.31. The second-order valence-corrected chi connectivity index (χ2v) is 8.62. The Morgan fingerprint density at radius 1 is 1.00 bits per heavy atom. The smallest absolute Gasteiger partial charge is 0.221 e. The Balaban J connectivity index is 3.33. The van der Waals surface area contributed by atoms with Crippen molar-refractivity contribution in [1.82, 2.24) is 15.5 Å². The molecule has 0 aromatic carbocycles. The van der Waals surface area contributed by atoms with Crippen LogP contribution in [0, 0.1) is 5.92 Å². The summed E-state index contributed by atoms with van der Waals surface area (Å²) in [4.78, 5) is 25.2. The van der Waals surface area contributed by atoms with Crippen molar-refractivity contribution in [1.29, 1.82) is 0 Å². The molecule has 0 heterocycles. The summed E-state index contributed by atoms with van der Waals surface area (Å²) in [6.07, 6.45) is 2.13. The molecule has 0 rings (SSSR count). The molecule has 23 heavy (non-hydrogen) atoms. The van der Waals surface area contributed by atoms with Gasteiger partial charge in [0.25, 0.3) is 0 Å². The molecule has 136 valence electrons. The standard InChI is InChI=1S/C16H33N3O2S2/c1-5-19(4)11-8-16(21)18-10-13-23-22-12-9-17-15(20)7-6-14(2)3/h14H,5-13H2,1-4H3,(H,17,20)(H,18,21). The minimum atomic E-state index is 0.119. The second kappa shape index (κ2) is 15.1. The summed E-state index contributed by atoms with van der Waals surface area (Å²) in [5.41, 5.74) is 0. The van der Waals surface area contributed by atoms with Crippen LogP contribution >= 0.6 is 21.6 Å². The summed E-state index contributed by atoms with van der Waals surface area (Å²) in [5.74, 6) is 2.62. The van der Waals surface area contributed by atoms with Crippen LogP contribution in [0.2, 0.25) is 0 Å². The van der Waals surface area contributed by atoms with E-state index in [2.05, 4.69) is 36.3 Å². The van der Waals surface area contributed by atoms with E-state index in [-0.39, 0.29) is 11.8 Å². The van der Waals surface area contributed by atoms with Crippen molar-refractivity contribution >= 4 is 33.4 Å². The Morgan fingerprint density at radius 3 is 2.00 bits per heavy atom. The number of amides is 2. The average molecular weight is 364 g/mol. The van der Waals surface area contributed by atoms with Gasteiger partial charge in [0.2, 0.25) is 11.8 Å². The van der Waals surface area contributed by atoms with Gasteiger partial charge in [-0.2, -0.15) is 0 Å². The monoisotopic (exact) mass is 363 g/mol. The first-order valence-electron chi connectivity index (χ1n) is 8.42. The van der Waals surface area contributed by atoms with Gasteiger partial charge in [-0.25, -0.2) is 0 Å². The lowest BCUT2D eigenvalue weighted by atomic mass is 10.1. The summed E-state index contributed by atoms with van der Waals surface area (Å²) in [7, 11) is 5.49. The SMILES string of the molecule is CCN(C)CCC(=O)NCCSSCCNC(=O)CCC(C)C. The summed E-state index contributed by atoms with van der Waals surface area (Å²) in [6.45, 7) is 9.52. The van der Waals surface area contributed by atoms with Crippen molar-refractivity contribution in [3.05, 3.63) is 0 Å². The number of nitrogens with zero attached hydrogens (tertiary/aromatic N) is 1. The highest BCUT2D eigenvalue weighted by Gasteiger charge is 2.04. The molecule has 0 atom stereocenters. The summed E-state index contributed by atoms with van der Waals surface area (Å²) < 4.78 is 0. The zero-order chi connectivity index (χ0) is 17.5. The maximum absolute atomic E-state index is 11.6. The van der Waals surface area contributed by atoms with Crippen molar-refractivity contribution in [3.8, 4) is 0 Å². The van der Waals surface area contributed by atoms with Gasteiger partial charge in [-0.15, -0.1) is 0 Å². The van der Waals surface area contributed by atoms with Gasteiger partial charge in [0, 0.05) is 44.0 Å². The molecule has 0 saturated heterocycles. The molecule has 7 heteroatoms. The molecule has 0 saturated carbocycles. The summed E-state index contributed by atoms with van der Waals surface area (Å²) in [6, 6.07) is 0. The number of nitrogens with one attached hydrogen (secondary N) is 2. The predicted molar refractivity (Wildman–Crippen MR) is 103 cm³/mol. The van der Waals surface area contributed by atoms with Crippen molar-refractivity contribution in [3.63, 3.8) is 0 Å². The lowest BCUT2D eigenvalue weighted by Crippen LogP contribution is -2.30. The Hall–Kier alpha value is -0.400. The summed E-state index contributed by atoms with van der Waals surface area (Å²) in [5, 5.41) is 5.86. The van der Waals surface area contributed by atoms with Crippen molar-refractivity contribution in [2.45, 2.75) is 40.0 Å². The third kappa shape index (κ3) is 16.2. The van der Waals surface area contributed by atoms with E-state index in [0.29, 0.717) is 31.8 Å². The maximum Gasteiger partial charge on any atom is 0.221 e. The van der Waals surface area contributed by atoms with Crippen LogP contribution in [-0.4, -0.2) is 61.4 Å². The zero-order valence-electron chi connectivity index (χ0n) is 15.0. The third-order valence-corrected chi connectivity index (χ3v) is 5.72. The number of hydrogen-bond donors (Lipinski definition) is 2. The average Bonchev–Trinajstić information content (AvgIpc) is 2.52. The van der Waals surface area contributed by atoms with Crippen molar-refractivity contribution < 1.29 is 9.59 Å². The lowest BCUT2D eigenvalue weighted by molar-refractivity contribution is -0.122. The molecule has 2 amide bonds. The minimum absolute atomic E-state index is 0.119. The minimum Gasteiger partial charge on any atom is -0.355 e. The Labute approximate surface area is 149 Å². The van der Waals surface area contributed by atoms with E-state index in [9.17, 15) is 9.59 Å². The van der Waals surface area contributed by atoms with Crippen LogP contribution in [0.5, 0.6) is 0 Å². The number of rotatable bonds is 14. The molecule has 0 aliphatic rings. The van der Waals surface area contributed by atoms with E-state index in [1.807, 2.05) is 7.05 Å². The molecule has 0 bridgehead atoms. The van der Waals surface area contributed by atoms with Crippen LogP contribution in [-0.2, 0) is 9.59 Å². The predicted octanol–water partition coefficient (Wildman–Crippen LogP) is 2.38. The van der Waals surface area contributed by atoms with Gasteiger partial charge < -0.3 is 15.5 Å². The van der Waals surface area contributed by atoms with Gasteiger partial charge in [0.1, 0.15) is 0 Å². The molecule has 0 radical (unpaired) electrons. The fourth-order valence-electron chi connectivity index (χ4n) is 1.63. The normalized spacial score (nSPS) is 11.0. The zero-order valence-corrected chi connectivity index (χ0v) is 16.7. The van der Waals surface area contributed by atoms with E-state index in [0.717, 1.165) is 31.0 Å². The topological polar surface area (TPSA) is 61.4 Å². The molecule has 0 fully saturated rings. The maximum atomic E-state index is 11.6. The Morgan fingerprint density at radius 2 is 1.52 bits per heavy atom. The molecular formula is C16H33N3O2S2. The highest BCUT2D eigenvalue weighted by atomic mass is 33.1. The van der Waals surface area contributed by atoms with E-state index >= 15 is 0 Å². The van der Waals surface area contributed by atoms with Gasteiger partial charge >= 0.3 is 0 Å². The molecule has 0 spiro atoms. The molecule has 2 N–H and O–H groups in total. The Kier molecular flexibility index (Phi) is 14.9. The van der Waals surface area contributed by atoms with Crippen LogP contribution in [0.15, 0.2) is 0 Å². The van der Waals surface area contributed by atoms with E-state index in [4.69, 9.17) is 0 Å².